The maximum absolute atomic E-state index is 12.8. The molecule has 0 aliphatic carbocycles. The van der Waals surface area contributed by atoms with Gasteiger partial charge in [-0.05, 0) is 135 Å². The Balaban J connectivity index is 4.24. The first-order valence-electron chi connectivity index (χ1n) is 33.8. The van der Waals surface area contributed by atoms with Gasteiger partial charge in [-0.3, -0.25) is 14.2 Å². The van der Waals surface area contributed by atoms with Crippen molar-refractivity contribution in [3.8, 4) is 0 Å². The van der Waals surface area contributed by atoms with Crippen molar-refractivity contribution in [1.82, 2.24) is 0 Å². The van der Waals surface area contributed by atoms with E-state index < -0.39 is 32.5 Å². The lowest BCUT2D eigenvalue weighted by Crippen LogP contribution is -2.37. The van der Waals surface area contributed by atoms with E-state index in [2.05, 4.69) is 184 Å². The van der Waals surface area contributed by atoms with Crippen LogP contribution in [0.5, 0.6) is 0 Å². The highest BCUT2D eigenvalue weighted by Crippen LogP contribution is 2.38. The van der Waals surface area contributed by atoms with Crippen molar-refractivity contribution in [2.75, 3.05) is 47.5 Å². The fourth-order valence-corrected chi connectivity index (χ4v) is 9.28. The van der Waals surface area contributed by atoms with Crippen LogP contribution in [0.25, 0.3) is 0 Å². The van der Waals surface area contributed by atoms with Crippen LogP contribution in [0.2, 0.25) is 0 Å². The highest BCUT2D eigenvalue weighted by Gasteiger charge is 2.22. The van der Waals surface area contributed by atoms with E-state index in [1.165, 1.54) is 77.0 Å². The van der Waals surface area contributed by atoms with Crippen molar-refractivity contribution in [3.63, 3.8) is 0 Å². The molecule has 0 N–H and O–H groups in total. The lowest BCUT2D eigenvalue weighted by molar-refractivity contribution is -0.870. The fourth-order valence-electron chi connectivity index (χ4n) is 8.55. The van der Waals surface area contributed by atoms with Crippen LogP contribution in [0.15, 0.2) is 170 Å². The molecule has 0 aromatic rings. The number of unbranched alkanes of at least 4 members (excludes halogenated alkanes) is 18. The summed E-state index contributed by atoms with van der Waals surface area (Å²) in [4.78, 5) is 38.0. The first-order valence-corrected chi connectivity index (χ1v) is 35.3. The molecule has 0 saturated heterocycles. The van der Waals surface area contributed by atoms with E-state index in [0.29, 0.717) is 23.9 Å². The standard InChI is InChI=1S/C76H124NO8P/c1-6-8-10-12-14-16-18-20-22-24-26-28-30-32-33-34-35-36-37-38-39-40-41-42-43-45-47-49-51-53-55-57-59-61-63-65-67-69-76(79)85-74(73-84-86(80,81)83-71-70-77(3,4)5)72-82-75(78)68-66-64-62-60-58-56-54-52-50-48-46-44-31-29-27-25-23-21-19-17-15-13-11-9-7-2/h8,10,14,16,19-22,25-28,31-33,35-36,38-39,41-42,44-45,47,51,53,57,59,74H,6-7,9,11-13,15,17-18,23-24,29-30,34,37,40,43,46,48-50,52,54-56,58,60-73H2,1-5H3/b10-8-,16-14-,21-19-,22-20-,27-25-,28-26-,33-32-,36-35-,39-38-,42-41-,44-31-,47-45-,53-51-,59-57-. The predicted octanol–water partition coefficient (Wildman–Crippen LogP) is 21.5. The van der Waals surface area contributed by atoms with Crippen molar-refractivity contribution in [2.45, 2.75) is 251 Å². The molecule has 0 spiro atoms. The highest BCUT2D eigenvalue weighted by atomic mass is 31.2. The van der Waals surface area contributed by atoms with E-state index in [9.17, 15) is 19.0 Å². The fraction of sp³-hybridized carbons (Fsp3) is 0.605. The molecule has 0 aliphatic heterocycles. The smallest absolute Gasteiger partial charge is 0.306 e. The van der Waals surface area contributed by atoms with Crippen LogP contribution in [0.1, 0.15) is 245 Å². The van der Waals surface area contributed by atoms with Gasteiger partial charge < -0.3 is 27.9 Å². The van der Waals surface area contributed by atoms with Crippen molar-refractivity contribution in [1.29, 1.82) is 0 Å². The SMILES string of the molecule is CC/C=C\C/C=C\C/C=C\C/C=C\C/C=C\C/C=C\C/C=C\C/C=C\C/C=C\C/C=C\C/C=C\CCCCCC(=O)OC(COC(=O)CCCCCCCCCCCC/C=C\C/C=C\C/C=C\CCCCCCC)COP(=O)([O-])OCC[N+](C)(C)C. The monoisotopic (exact) mass is 1210 g/mol. The molecule has 0 amide bonds. The number of quaternary nitrogens is 1. The van der Waals surface area contributed by atoms with Gasteiger partial charge in [0.1, 0.15) is 19.8 Å². The van der Waals surface area contributed by atoms with Crippen LogP contribution in [-0.2, 0) is 32.7 Å². The number of phosphoric acid groups is 1. The van der Waals surface area contributed by atoms with E-state index in [0.717, 1.165) is 128 Å². The molecule has 0 aromatic carbocycles. The molecule has 486 valence electrons. The Morgan fingerprint density at radius 1 is 0.372 bits per heavy atom. The number of hydrogen-bond donors (Lipinski definition) is 0. The van der Waals surface area contributed by atoms with Gasteiger partial charge in [0.15, 0.2) is 6.10 Å². The zero-order chi connectivity index (χ0) is 62.6. The topological polar surface area (TPSA) is 111 Å². The molecule has 0 fully saturated rings. The number of hydrogen-bond acceptors (Lipinski definition) is 8. The summed E-state index contributed by atoms with van der Waals surface area (Å²) in [6.45, 7) is 4.05. The van der Waals surface area contributed by atoms with Gasteiger partial charge >= 0.3 is 11.9 Å². The summed E-state index contributed by atoms with van der Waals surface area (Å²) in [7, 11) is 1.12. The molecule has 86 heavy (non-hydrogen) atoms. The Bertz CT molecular complexity index is 2060. The summed E-state index contributed by atoms with van der Waals surface area (Å²) in [6.07, 6.45) is 98.5. The summed E-state index contributed by atoms with van der Waals surface area (Å²) in [5.41, 5.74) is 0. The van der Waals surface area contributed by atoms with Crippen molar-refractivity contribution in [3.05, 3.63) is 170 Å². The van der Waals surface area contributed by atoms with Gasteiger partial charge in [0.25, 0.3) is 7.82 Å². The quantitative estimate of drug-likeness (QED) is 0.0195. The van der Waals surface area contributed by atoms with Gasteiger partial charge in [-0.25, -0.2) is 0 Å². The van der Waals surface area contributed by atoms with Gasteiger partial charge in [-0.15, -0.1) is 0 Å². The second-order valence-electron chi connectivity index (χ2n) is 23.1. The van der Waals surface area contributed by atoms with Gasteiger partial charge in [-0.2, -0.15) is 0 Å². The van der Waals surface area contributed by atoms with Crippen LogP contribution < -0.4 is 4.89 Å². The maximum atomic E-state index is 12.8. The Morgan fingerprint density at radius 2 is 0.663 bits per heavy atom. The summed E-state index contributed by atoms with van der Waals surface area (Å²) >= 11 is 0. The number of allylic oxidation sites excluding steroid dienone is 28. The molecule has 2 atom stereocenters. The Morgan fingerprint density at radius 3 is 1.00 bits per heavy atom. The summed E-state index contributed by atoms with van der Waals surface area (Å²) in [5.74, 6) is -0.887. The van der Waals surface area contributed by atoms with Crippen molar-refractivity contribution >= 4 is 19.8 Å². The summed E-state index contributed by atoms with van der Waals surface area (Å²) in [6, 6.07) is 0. The molecular formula is C76H124NO8P. The average molecular weight is 1210 g/mol. The van der Waals surface area contributed by atoms with E-state index in [1.807, 2.05) is 21.1 Å². The lowest BCUT2D eigenvalue weighted by Gasteiger charge is -2.28. The molecule has 10 heteroatoms. The summed E-state index contributed by atoms with van der Waals surface area (Å²) in [5, 5.41) is 0. The number of ether oxygens (including phenoxy) is 2. The molecule has 0 radical (unpaired) electrons. The Labute approximate surface area is 528 Å². The van der Waals surface area contributed by atoms with Gasteiger partial charge in [0.2, 0.25) is 0 Å². The van der Waals surface area contributed by atoms with E-state index >= 15 is 0 Å². The molecule has 0 rings (SSSR count). The van der Waals surface area contributed by atoms with Crippen molar-refractivity contribution < 1.29 is 42.1 Å². The number of carbonyl (C=O) groups is 2. The zero-order valence-electron chi connectivity index (χ0n) is 55.2. The average Bonchev–Trinajstić information content (AvgIpc) is 3.67. The first-order chi connectivity index (χ1) is 42.0. The largest absolute Gasteiger partial charge is 0.756 e. The minimum atomic E-state index is -4.66. The third-order valence-electron chi connectivity index (χ3n) is 13.7. The molecule has 0 aliphatic rings. The molecule has 0 bridgehead atoms. The highest BCUT2D eigenvalue weighted by molar-refractivity contribution is 7.45. The molecule has 2 unspecified atom stereocenters. The predicted molar refractivity (Wildman–Crippen MR) is 369 cm³/mol. The molecule has 0 heterocycles. The van der Waals surface area contributed by atoms with Crippen LogP contribution in [0.3, 0.4) is 0 Å². The van der Waals surface area contributed by atoms with Crippen LogP contribution in [-0.4, -0.2) is 70.0 Å². The van der Waals surface area contributed by atoms with Crippen molar-refractivity contribution in [2.24, 2.45) is 0 Å². The number of carbonyl (C=O) groups excluding carboxylic acids is 2. The molecule has 0 aromatic heterocycles. The normalized spacial score (nSPS) is 14.3. The number of esters is 2. The van der Waals surface area contributed by atoms with Gasteiger partial charge in [0.05, 0.1) is 27.7 Å². The minimum Gasteiger partial charge on any atom is -0.756 e. The minimum absolute atomic E-state index is 0.0478. The third-order valence-corrected chi connectivity index (χ3v) is 14.7. The second-order valence-corrected chi connectivity index (χ2v) is 24.5. The van der Waals surface area contributed by atoms with E-state index in [-0.39, 0.29) is 26.1 Å². The third kappa shape index (κ3) is 68.5. The first kappa shape index (κ1) is 81.4. The van der Waals surface area contributed by atoms with E-state index in [1.54, 1.807) is 0 Å². The van der Waals surface area contributed by atoms with Crippen LogP contribution >= 0.6 is 7.82 Å². The van der Waals surface area contributed by atoms with Crippen LogP contribution in [0.4, 0.5) is 0 Å². The number of rotatable bonds is 60. The van der Waals surface area contributed by atoms with Gasteiger partial charge in [0, 0.05) is 12.8 Å². The molecular weight excluding hydrogens is 1090 g/mol. The van der Waals surface area contributed by atoms with Gasteiger partial charge in [-0.1, -0.05) is 267 Å². The maximum Gasteiger partial charge on any atom is 0.306 e. The molecule has 9 nitrogen and oxygen atoms in total. The zero-order valence-corrected chi connectivity index (χ0v) is 56.1. The Kier molecular flexibility index (Phi) is 61.3. The lowest BCUT2D eigenvalue weighted by atomic mass is 10.1. The second kappa shape index (κ2) is 64.8. The number of likely N-dealkylation sites (N-methyl/N-ethyl adjacent to an activating group) is 1. The Hall–Kier alpha value is -4.63. The summed E-state index contributed by atoms with van der Waals surface area (Å²) < 4.78 is 34.2. The number of phosphoric ester groups is 1. The van der Waals surface area contributed by atoms with Crippen LogP contribution in [0, 0.1) is 0 Å². The molecule has 0 saturated carbocycles. The number of nitrogens with zero attached hydrogens (tertiary/aromatic N) is 1. The van der Waals surface area contributed by atoms with E-state index in [4.69, 9.17) is 18.5 Å².